The van der Waals surface area contributed by atoms with Gasteiger partial charge in [0.1, 0.15) is 17.5 Å². The van der Waals surface area contributed by atoms with Crippen molar-refractivity contribution in [1.82, 2.24) is 9.97 Å². The maximum atomic E-state index is 7.50. The summed E-state index contributed by atoms with van der Waals surface area (Å²) in [5, 5.41) is 7.50. The summed E-state index contributed by atoms with van der Waals surface area (Å²) in [5.74, 6) is 1.78. The molecular formula is C16H21N5. The van der Waals surface area contributed by atoms with Crippen molar-refractivity contribution in [3.05, 3.63) is 53.0 Å². The summed E-state index contributed by atoms with van der Waals surface area (Å²) in [7, 11) is 2.00. The van der Waals surface area contributed by atoms with Crippen LogP contribution < -0.4 is 10.6 Å². The van der Waals surface area contributed by atoms with Crippen molar-refractivity contribution >= 4 is 11.7 Å². The molecular weight excluding hydrogens is 262 g/mol. The molecule has 0 spiro atoms. The van der Waals surface area contributed by atoms with E-state index in [0.29, 0.717) is 6.54 Å². The molecule has 0 saturated heterocycles. The van der Waals surface area contributed by atoms with Crippen LogP contribution in [0.25, 0.3) is 0 Å². The van der Waals surface area contributed by atoms with Crippen molar-refractivity contribution in [1.29, 1.82) is 5.41 Å². The minimum Gasteiger partial charge on any atom is -0.384 e. The summed E-state index contributed by atoms with van der Waals surface area (Å²) in [5.41, 5.74) is 8.42. The molecule has 110 valence electrons. The zero-order valence-electron chi connectivity index (χ0n) is 12.7. The lowest BCUT2D eigenvalue weighted by molar-refractivity contribution is 0.861. The van der Waals surface area contributed by atoms with Crippen LogP contribution in [-0.4, -0.2) is 22.9 Å². The van der Waals surface area contributed by atoms with Crippen LogP contribution in [0.5, 0.6) is 0 Å². The fraction of sp³-hybridized carbons (Fsp3) is 0.312. The standard InChI is InChI=1S/C16H21N5/c1-4-14-9-15(20-11(2)19-14)21(3)10-12-6-5-7-13(8-12)16(17)18/h5-9H,4,10H2,1-3H3,(H3,17,18). The van der Waals surface area contributed by atoms with Crippen molar-refractivity contribution < 1.29 is 0 Å². The number of hydrogen-bond acceptors (Lipinski definition) is 4. The van der Waals surface area contributed by atoms with Gasteiger partial charge in [0, 0.05) is 30.9 Å². The second kappa shape index (κ2) is 6.35. The summed E-state index contributed by atoms with van der Waals surface area (Å²) >= 11 is 0. The van der Waals surface area contributed by atoms with Crippen LogP contribution in [0, 0.1) is 12.3 Å². The third kappa shape index (κ3) is 3.78. The van der Waals surface area contributed by atoms with Crippen LogP contribution in [-0.2, 0) is 13.0 Å². The average Bonchev–Trinajstić information content (AvgIpc) is 2.46. The number of aryl methyl sites for hydroxylation is 2. The Morgan fingerprint density at radius 1 is 1.29 bits per heavy atom. The molecule has 0 amide bonds. The molecule has 1 heterocycles. The van der Waals surface area contributed by atoms with Gasteiger partial charge in [-0.05, 0) is 25.0 Å². The molecule has 5 heteroatoms. The van der Waals surface area contributed by atoms with E-state index in [1.807, 2.05) is 44.3 Å². The van der Waals surface area contributed by atoms with Gasteiger partial charge in [-0.2, -0.15) is 0 Å². The number of nitrogens with two attached hydrogens (primary N) is 1. The number of aromatic nitrogens is 2. The molecule has 2 aromatic rings. The lowest BCUT2D eigenvalue weighted by atomic mass is 10.1. The molecule has 1 aromatic heterocycles. The molecule has 0 radical (unpaired) electrons. The fourth-order valence-corrected chi connectivity index (χ4v) is 2.18. The second-order valence-corrected chi connectivity index (χ2v) is 5.09. The smallest absolute Gasteiger partial charge is 0.132 e. The summed E-state index contributed by atoms with van der Waals surface area (Å²) in [4.78, 5) is 11.0. The Kier molecular flexibility index (Phi) is 4.52. The molecule has 0 saturated carbocycles. The van der Waals surface area contributed by atoms with E-state index in [9.17, 15) is 0 Å². The lowest BCUT2D eigenvalue weighted by Gasteiger charge is -2.19. The number of benzene rings is 1. The van der Waals surface area contributed by atoms with Crippen molar-refractivity contribution in [2.45, 2.75) is 26.8 Å². The van der Waals surface area contributed by atoms with Gasteiger partial charge in [-0.25, -0.2) is 9.97 Å². The Hall–Kier alpha value is -2.43. The molecule has 0 bridgehead atoms. The van der Waals surface area contributed by atoms with Crippen LogP contribution in [0.3, 0.4) is 0 Å². The lowest BCUT2D eigenvalue weighted by Crippen LogP contribution is -2.19. The number of anilines is 1. The topological polar surface area (TPSA) is 78.9 Å². The minimum absolute atomic E-state index is 0.0886. The van der Waals surface area contributed by atoms with E-state index in [4.69, 9.17) is 11.1 Å². The minimum atomic E-state index is 0.0886. The predicted molar refractivity (Wildman–Crippen MR) is 85.7 cm³/mol. The number of nitrogens with one attached hydrogen (secondary N) is 1. The third-order valence-electron chi connectivity index (χ3n) is 3.29. The van der Waals surface area contributed by atoms with Crippen LogP contribution in [0.2, 0.25) is 0 Å². The molecule has 0 aliphatic rings. The molecule has 0 unspecified atom stereocenters. The first-order valence-electron chi connectivity index (χ1n) is 6.98. The first-order chi connectivity index (χ1) is 9.99. The number of nitrogen functional groups attached to an aromatic ring is 1. The highest BCUT2D eigenvalue weighted by molar-refractivity contribution is 5.95. The monoisotopic (exact) mass is 283 g/mol. The fourth-order valence-electron chi connectivity index (χ4n) is 2.18. The van der Waals surface area contributed by atoms with E-state index in [1.54, 1.807) is 0 Å². The van der Waals surface area contributed by atoms with Crippen molar-refractivity contribution in [3.63, 3.8) is 0 Å². The number of rotatable bonds is 5. The quantitative estimate of drug-likeness (QED) is 0.651. The Morgan fingerprint density at radius 2 is 2.05 bits per heavy atom. The van der Waals surface area contributed by atoms with Crippen LogP contribution in [0.15, 0.2) is 30.3 Å². The van der Waals surface area contributed by atoms with Crippen LogP contribution in [0.4, 0.5) is 5.82 Å². The van der Waals surface area contributed by atoms with Crippen molar-refractivity contribution in [3.8, 4) is 0 Å². The Bertz CT molecular complexity index is 651. The Morgan fingerprint density at radius 3 is 2.71 bits per heavy atom. The predicted octanol–water partition coefficient (Wildman–Crippen LogP) is 2.27. The SMILES string of the molecule is CCc1cc(N(C)Cc2cccc(C(=N)N)c2)nc(C)n1. The highest BCUT2D eigenvalue weighted by atomic mass is 15.2. The van der Waals surface area contributed by atoms with E-state index in [1.165, 1.54) is 0 Å². The molecule has 3 N–H and O–H groups in total. The molecule has 0 atom stereocenters. The van der Waals surface area contributed by atoms with Gasteiger partial charge >= 0.3 is 0 Å². The van der Waals surface area contributed by atoms with Gasteiger partial charge in [0.05, 0.1) is 0 Å². The highest BCUT2D eigenvalue weighted by Crippen LogP contribution is 2.15. The molecule has 1 aromatic carbocycles. The first-order valence-corrected chi connectivity index (χ1v) is 6.98. The van der Waals surface area contributed by atoms with Gasteiger partial charge in [0.15, 0.2) is 0 Å². The molecule has 0 fully saturated rings. The molecule has 2 rings (SSSR count). The summed E-state index contributed by atoms with van der Waals surface area (Å²) in [6.45, 7) is 4.70. The van der Waals surface area contributed by atoms with Crippen molar-refractivity contribution in [2.75, 3.05) is 11.9 Å². The van der Waals surface area contributed by atoms with E-state index in [0.717, 1.165) is 34.9 Å². The van der Waals surface area contributed by atoms with Gasteiger partial charge in [-0.3, -0.25) is 5.41 Å². The zero-order chi connectivity index (χ0) is 15.4. The van der Waals surface area contributed by atoms with Gasteiger partial charge in [0.25, 0.3) is 0 Å². The summed E-state index contributed by atoms with van der Waals surface area (Å²) < 4.78 is 0. The van der Waals surface area contributed by atoms with E-state index in [2.05, 4.69) is 21.8 Å². The number of nitrogens with zero attached hydrogens (tertiary/aromatic N) is 3. The first kappa shape index (κ1) is 15.0. The number of hydrogen-bond donors (Lipinski definition) is 2. The van der Waals surface area contributed by atoms with Gasteiger partial charge < -0.3 is 10.6 Å². The Balaban J connectivity index is 2.21. The zero-order valence-corrected chi connectivity index (χ0v) is 12.7. The molecule has 5 nitrogen and oxygen atoms in total. The van der Waals surface area contributed by atoms with Crippen LogP contribution in [0.1, 0.15) is 29.6 Å². The van der Waals surface area contributed by atoms with E-state index < -0.39 is 0 Å². The number of amidine groups is 1. The largest absolute Gasteiger partial charge is 0.384 e. The Labute approximate surface area is 125 Å². The maximum Gasteiger partial charge on any atom is 0.132 e. The third-order valence-corrected chi connectivity index (χ3v) is 3.29. The van der Waals surface area contributed by atoms with E-state index >= 15 is 0 Å². The second-order valence-electron chi connectivity index (χ2n) is 5.09. The van der Waals surface area contributed by atoms with Crippen LogP contribution >= 0.6 is 0 Å². The molecule has 21 heavy (non-hydrogen) atoms. The van der Waals surface area contributed by atoms with E-state index in [-0.39, 0.29) is 5.84 Å². The highest BCUT2D eigenvalue weighted by Gasteiger charge is 2.07. The normalized spacial score (nSPS) is 10.4. The molecule has 0 aliphatic carbocycles. The molecule has 0 aliphatic heterocycles. The average molecular weight is 283 g/mol. The van der Waals surface area contributed by atoms with Gasteiger partial charge in [-0.1, -0.05) is 25.1 Å². The summed E-state index contributed by atoms with van der Waals surface area (Å²) in [6.07, 6.45) is 0.893. The maximum absolute atomic E-state index is 7.50. The van der Waals surface area contributed by atoms with Gasteiger partial charge in [-0.15, -0.1) is 0 Å². The summed E-state index contributed by atoms with van der Waals surface area (Å²) in [6, 6.07) is 9.74. The van der Waals surface area contributed by atoms with Crippen molar-refractivity contribution in [2.24, 2.45) is 5.73 Å². The van der Waals surface area contributed by atoms with Gasteiger partial charge in [0.2, 0.25) is 0 Å².